The second-order valence-electron chi connectivity index (χ2n) is 4.94. The van der Waals surface area contributed by atoms with Gasteiger partial charge in [0.25, 0.3) is 0 Å². The van der Waals surface area contributed by atoms with Gasteiger partial charge in [-0.05, 0) is 32.1 Å². The van der Waals surface area contributed by atoms with E-state index in [-0.39, 0.29) is 19.1 Å². The molecule has 0 fully saturated rings. The van der Waals surface area contributed by atoms with Gasteiger partial charge >= 0.3 is 0 Å². The number of carbonyl (C=O) groups excluding carboxylic acids is 1. The summed E-state index contributed by atoms with van der Waals surface area (Å²) in [5, 5.41) is 20.8. The maximum atomic E-state index is 11.8. The van der Waals surface area contributed by atoms with Crippen LogP contribution >= 0.6 is 0 Å². The van der Waals surface area contributed by atoms with E-state index in [2.05, 4.69) is 5.32 Å². The molecule has 0 heterocycles. The Morgan fingerprint density at radius 1 is 1.40 bits per heavy atom. The van der Waals surface area contributed by atoms with Gasteiger partial charge < -0.3 is 20.3 Å². The molecule has 1 rings (SSSR count). The van der Waals surface area contributed by atoms with Gasteiger partial charge in [-0.2, -0.15) is 0 Å². The van der Waals surface area contributed by atoms with Crippen molar-refractivity contribution in [2.75, 3.05) is 20.3 Å². The van der Waals surface area contributed by atoms with Crippen molar-refractivity contribution in [3.8, 4) is 5.75 Å². The van der Waals surface area contributed by atoms with Crippen molar-refractivity contribution < 1.29 is 19.7 Å². The molecule has 0 radical (unpaired) electrons. The molecule has 0 bridgehead atoms. The molecule has 1 aromatic rings. The van der Waals surface area contributed by atoms with Crippen LogP contribution in [0.2, 0.25) is 0 Å². The lowest BCUT2D eigenvalue weighted by Gasteiger charge is -2.25. The van der Waals surface area contributed by atoms with Gasteiger partial charge in [0.1, 0.15) is 5.75 Å². The van der Waals surface area contributed by atoms with E-state index in [9.17, 15) is 4.79 Å². The molecule has 5 nitrogen and oxygen atoms in total. The molecule has 0 atom stereocenters. The minimum absolute atomic E-state index is 0.336. The highest BCUT2D eigenvalue weighted by Gasteiger charge is 2.23. The molecule has 0 aliphatic rings. The number of aliphatic hydroxyl groups excluding tert-OH is 2. The van der Waals surface area contributed by atoms with Crippen molar-refractivity contribution in [3.05, 3.63) is 35.4 Å². The number of methoxy groups -OCH3 is 1. The largest absolute Gasteiger partial charge is 0.496 e. The van der Waals surface area contributed by atoms with Crippen LogP contribution in [0.15, 0.2) is 24.3 Å². The second kappa shape index (κ2) is 7.07. The standard InChI is InChI=1S/C15H21NO4/c1-11-4-6-13(20-3)12(8-11)5-7-14(19)16-15(2,9-17)10-18/h4-8,17-18H,9-10H2,1-3H3,(H,16,19)/b7-5+. The molecule has 5 heteroatoms. The first kappa shape index (κ1) is 16.2. The van der Waals surface area contributed by atoms with E-state index in [0.717, 1.165) is 11.1 Å². The maximum Gasteiger partial charge on any atom is 0.244 e. The molecule has 0 aliphatic heterocycles. The van der Waals surface area contributed by atoms with Crippen molar-refractivity contribution in [2.45, 2.75) is 19.4 Å². The lowest BCUT2D eigenvalue weighted by Crippen LogP contribution is -2.51. The van der Waals surface area contributed by atoms with Crippen LogP contribution in [0.4, 0.5) is 0 Å². The number of hydrogen-bond acceptors (Lipinski definition) is 4. The van der Waals surface area contributed by atoms with Gasteiger partial charge in [-0.15, -0.1) is 0 Å². The number of amides is 1. The van der Waals surface area contributed by atoms with Crippen LogP contribution in [-0.4, -0.2) is 42.0 Å². The highest BCUT2D eigenvalue weighted by atomic mass is 16.5. The third-order valence-corrected chi connectivity index (χ3v) is 2.92. The smallest absolute Gasteiger partial charge is 0.244 e. The van der Waals surface area contributed by atoms with E-state index in [4.69, 9.17) is 14.9 Å². The van der Waals surface area contributed by atoms with Crippen LogP contribution in [0.3, 0.4) is 0 Å². The molecule has 0 saturated carbocycles. The summed E-state index contributed by atoms with van der Waals surface area (Å²) in [6.07, 6.45) is 2.98. The van der Waals surface area contributed by atoms with Crippen LogP contribution in [0, 0.1) is 6.92 Å². The fraction of sp³-hybridized carbons (Fsp3) is 0.400. The Morgan fingerprint density at radius 3 is 2.60 bits per heavy atom. The van der Waals surface area contributed by atoms with Crippen molar-refractivity contribution in [2.24, 2.45) is 0 Å². The van der Waals surface area contributed by atoms with Gasteiger partial charge in [0.15, 0.2) is 0 Å². The summed E-state index contributed by atoms with van der Waals surface area (Å²) in [5.41, 5.74) is 0.816. The molecule has 0 aliphatic carbocycles. The number of rotatable bonds is 6. The second-order valence-corrected chi connectivity index (χ2v) is 4.94. The molecule has 0 aromatic heterocycles. The van der Waals surface area contributed by atoms with Crippen LogP contribution in [0.1, 0.15) is 18.1 Å². The molecular weight excluding hydrogens is 258 g/mol. The van der Waals surface area contributed by atoms with Gasteiger partial charge in [0, 0.05) is 11.6 Å². The lowest BCUT2D eigenvalue weighted by molar-refractivity contribution is -0.119. The maximum absolute atomic E-state index is 11.8. The summed E-state index contributed by atoms with van der Waals surface area (Å²) in [6, 6.07) is 5.66. The minimum atomic E-state index is -1.03. The van der Waals surface area contributed by atoms with E-state index in [1.807, 2.05) is 25.1 Å². The number of aliphatic hydroxyl groups is 2. The Bertz CT molecular complexity index is 493. The first-order valence-corrected chi connectivity index (χ1v) is 6.30. The molecule has 0 spiro atoms. The van der Waals surface area contributed by atoms with Crippen LogP contribution in [0.25, 0.3) is 6.08 Å². The predicted octanol–water partition coefficient (Wildman–Crippen LogP) is 0.876. The number of hydrogen-bond donors (Lipinski definition) is 3. The van der Waals surface area contributed by atoms with Crippen molar-refractivity contribution in [3.63, 3.8) is 0 Å². The first-order valence-electron chi connectivity index (χ1n) is 6.30. The number of aryl methyl sites for hydroxylation is 1. The van der Waals surface area contributed by atoms with Crippen LogP contribution in [0.5, 0.6) is 5.75 Å². The normalized spacial score (nSPS) is 11.7. The zero-order chi connectivity index (χ0) is 15.2. The predicted molar refractivity (Wildman–Crippen MR) is 77.5 cm³/mol. The summed E-state index contributed by atoms with van der Waals surface area (Å²) in [5.74, 6) is 0.283. The Morgan fingerprint density at radius 2 is 2.05 bits per heavy atom. The third kappa shape index (κ3) is 4.36. The Hall–Kier alpha value is -1.85. The van der Waals surface area contributed by atoms with Gasteiger partial charge in [-0.1, -0.05) is 11.6 Å². The molecule has 0 unspecified atom stereocenters. The van der Waals surface area contributed by atoms with Gasteiger partial charge in [0.2, 0.25) is 5.91 Å². The number of benzene rings is 1. The van der Waals surface area contributed by atoms with Crippen LogP contribution < -0.4 is 10.1 Å². The van der Waals surface area contributed by atoms with E-state index in [0.29, 0.717) is 5.75 Å². The SMILES string of the molecule is COc1ccc(C)cc1/C=C/C(=O)NC(C)(CO)CO. The fourth-order valence-electron chi connectivity index (χ4n) is 1.62. The van der Waals surface area contributed by atoms with E-state index < -0.39 is 5.54 Å². The minimum Gasteiger partial charge on any atom is -0.496 e. The monoisotopic (exact) mass is 279 g/mol. The molecular formula is C15H21NO4. The van der Waals surface area contributed by atoms with E-state index >= 15 is 0 Å². The highest BCUT2D eigenvalue weighted by molar-refractivity contribution is 5.92. The quantitative estimate of drug-likeness (QED) is 0.675. The zero-order valence-electron chi connectivity index (χ0n) is 12.0. The highest BCUT2D eigenvalue weighted by Crippen LogP contribution is 2.20. The Balaban J connectivity index is 2.82. The van der Waals surface area contributed by atoms with Crippen LogP contribution in [-0.2, 0) is 4.79 Å². The zero-order valence-corrected chi connectivity index (χ0v) is 12.0. The number of ether oxygens (including phenoxy) is 1. The fourth-order valence-corrected chi connectivity index (χ4v) is 1.62. The summed E-state index contributed by atoms with van der Waals surface area (Å²) >= 11 is 0. The van der Waals surface area contributed by atoms with Gasteiger partial charge in [0.05, 0.1) is 25.9 Å². The number of carbonyl (C=O) groups is 1. The molecule has 0 saturated heterocycles. The molecule has 20 heavy (non-hydrogen) atoms. The molecule has 3 N–H and O–H groups in total. The average molecular weight is 279 g/mol. The van der Waals surface area contributed by atoms with Gasteiger partial charge in [-0.25, -0.2) is 0 Å². The molecule has 1 amide bonds. The van der Waals surface area contributed by atoms with Gasteiger partial charge in [-0.3, -0.25) is 4.79 Å². The summed E-state index contributed by atoms with van der Waals surface area (Å²) in [6.45, 7) is 2.84. The summed E-state index contributed by atoms with van der Waals surface area (Å²) in [7, 11) is 1.57. The summed E-state index contributed by atoms with van der Waals surface area (Å²) < 4.78 is 5.21. The Kier molecular flexibility index (Phi) is 5.73. The van der Waals surface area contributed by atoms with E-state index in [1.165, 1.54) is 6.08 Å². The first-order chi connectivity index (χ1) is 9.44. The topological polar surface area (TPSA) is 78.8 Å². The van der Waals surface area contributed by atoms with E-state index in [1.54, 1.807) is 20.1 Å². The Labute approximate surface area is 118 Å². The molecule has 110 valence electrons. The van der Waals surface area contributed by atoms with Crippen molar-refractivity contribution >= 4 is 12.0 Å². The lowest BCUT2D eigenvalue weighted by atomic mass is 10.1. The van der Waals surface area contributed by atoms with Crippen molar-refractivity contribution in [1.82, 2.24) is 5.32 Å². The number of nitrogens with one attached hydrogen (secondary N) is 1. The third-order valence-electron chi connectivity index (χ3n) is 2.92. The van der Waals surface area contributed by atoms with Crippen molar-refractivity contribution in [1.29, 1.82) is 0 Å². The summed E-state index contributed by atoms with van der Waals surface area (Å²) in [4.78, 5) is 11.8. The average Bonchev–Trinajstić information content (AvgIpc) is 2.45. The molecule has 1 aromatic carbocycles.